The Hall–Kier alpha value is -2.14. The number of halogens is 1. The molecular formula is C18H16BrN3O. The van der Waals surface area contributed by atoms with Gasteiger partial charge in [0.05, 0.1) is 16.2 Å². The predicted octanol–water partition coefficient (Wildman–Crippen LogP) is 4.07. The number of hydrogen-bond acceptors (Lipinski definition) is 2. The number of carbonyl (C=O) groups excluding carboxylic acids is 1. The van der Waals surface area contributed by atoms with Crippen molar-refractivity contribution >= 4 is 27.5 Å². The topological polar surface area (TPSA) is 37.6 Å². The number of imidazole rings is 1. The molecule has 3 heterocycles. The molecule has 4 rings (SSSR count). The highest BCUT2D eigenvalue weighted by atomic mass is 79.9. The molecule has 0 radical (unpaired) electrons. The Kier molecular flexibility index (Phi) is 3.65. The van der Waals surface area contributed by atoms with Gasteiger partial charge in [-0.05, 0) is 53.0 Å². The van der Waals surface area contributed by atoms with Crippen LogP contribution in [0.5, 0.6) is 0 Å². The molecule has 1 aliphatic heterocycles. The molecule has 0 bridgehead atoms. The van der Waals surface area contributed by atoms with Crippen LogP contribution < -0.4 is 0 Å². The van der Waals surface area contributed by atoms with Gasteiger partial charge >= 0.3 is 0 Å². The Morgan fingerprint density at radius 3 is 2.78 bits per heavy atom. The van der Waals surface area contributed by atoms with Crippen molar-refractivity contribution in [2.24, 2.45) is 0 Å². The molecule has 23 heavy (non-hydrogen) atoms. The molecule has 0 unspecified atom stereocenters. The quantitative estimate of drug-likeness (QED) is 0.682. The van der Waals surface area contributed by atoms with Gasteiger partial charge in [0.15, 0.2) is 5.65 Å². The molecule has 116 valence electrons. The van der Waals surface area contributed by atoms with Gasteiger partial charge < -0.3 is 9.30 Å². The minimum Gasteiger partial charge on any atom is -0.330 e. The zero-order valence-corrected chi connectivity index (χ0v) is 14.1. The summed E-state index contributed by atoms with van der Waals surface area (Å²) in [5.74, 6) is 0.0872. The molecule has 1 aliphatic rings. The standard InChI is InChI=1S/C18H16BrN3O/c19-14-8-4-10-21-12-15(20-17(14)21)16-9-5-11-22(16)18(23)13-6-2-1-3-7-13/h1-4,6-8,10,12,16H,5,9,11H2/t16-/m0/s1. The molecule has 1 aromatic carbocycles. The number of pyridine rings is 1. The van der Waals surface area contributed by atoms with Gasteiger partial charge in [0, 0.05) is 24.5 Å². The van der Waals surface area contributed by atoms with E-state index in [-0.39, 0.29) is 11.9 Å². The molecule has 1 saturated heterocycles. The molecule has 4 nitrogen and oxygen atoms in total. The Labute approximate surface area is 142 Å². The second-order valence-corrected chi connectivity index (χ2v) is 6.63. The van der Waals surface area contributed by atoms with E-state index in [0.29, 0.717) is 0 Å². The fourth-order valence-corrected chi connectivity index (χ4v) is 3.67. The van der Waals surface area contributed by atoms with Gasteiger partial charge in [0.2, 0.25) is 0 Å². The van der Waals surface area contributed by atoms with E-state index < -0.39 is 0 Å². The van der Waals surface area contributed by atoms with Gasteiger partial charge in [-0.2, -0.15) is 0 Å². The lowest BCUT2D eigenvalue weighted by molar-refractivity contribution is 0.0733. The normalized spacial score (nSPS) is 17.8. The molecule has 5 heteroatoms. The van der Waals surface area contributed by atoms with Crippen LogP contribution in [0.15, 0.2) is 59.3 Å². The van der Waals surface area contributed by atoms with Crippen LogP contribution >= 0.6 is 15.9 Å². The second kappa shape index (κ2) is 5.81. The summed E-state index contributed by atoms with van der Waals surface area (Å²) >= 11 is 3.54. The third-order valence-electron chi connectivity index (χ3n) is 4.33. The number of carbonyl (C=O) groups is 1. The van der Waals surface area contributed by atoms with Crippen molar-refractivity contribution in [1.29, 1.82) is 0 Å². The predicted molar refractivity (Wildman–Crippen MR) is 92.3 cm³/mol. The van der Waals surface area contributed by atoms with E-state index in [2.05, 4.69) is 15.9 Å². The molecule has 0 N–H and O–H groups in total. The van der Waals surface area contributed by atoms with Crippen molar-refractivity contribution in [1.82, 2.24) is 14.3 Å². The Morgan fingerprint density at radius 1 is 1.17 bits per heavy atom. The van der Waals surface area contributed by atoms with E-state index in [1.165, 1.54) is 0 Å². The van der Waals surface area contributed by atoms with E-state index in [9.17, 15) is 4.79 Å². The van der Waals surface area contributed by atoms with Crippen LogP contribution in [0.4, 0.5) is 0 Å². The number of nitrogens with zero attached hydrogens (tertiary/aromatic N) is 3. The summed E-state index contributed by atoms with van der Waals surface area (Å²) in [7, 11) is 0. The van der Waals surface area contributed by atoms with Gasteiger partial charge in [-0.15, -0.1) is 0 Å². The van der Waals surface area contributed by atoms with Crippen molar-refractivity contribution in [3.63, 3.8) is 0 Å². The summed E-state index contributed by atoms with van der Waals surface area (Å²) < 4.78 is 2.97. The van der Waals surface area contributed by atoms with Crippen LogP contribution in [-0.2, 0) is 0 Å². The zero-order valence-electron chi connectivity index (χ0n) is 12.5. The van der Waals surface area contributed by atoms with Crippen LogP contribution in [-0.4, -0.2) is 26.7 Å². The molecular weight excluding hydrogens is 354 g/mol. The molecule has 0 aliphatic carbocycles. The van der Waals surface area contributed by atoms with E-state index in [1.807, 2.05) is 64.2 Å². The fourth-order valence-electron chi connectivity index (χ4n) is 3.22. The number of benzene rings is 1. The summed E-state index contributed by atoms with van der Waals surface area (Å²) in [5, 5.41) is 0. The highest BCUT2D eigenvalue weighted by Gasteiger charge is 2.32. The fraction of sp³-hybridized carbons (Fsp3) is 0.222. The average Bonchev–Trinajstić information content (AvgIpc) is 3.22. The van der Waals surface area contributed by atoms with Crippen LogP contribution in [0, 0.1) is 0 Å². The van der Waals surface area contributed by atoms with Gasteiger partial charge in [0.1, 0.15) is 0 Å². The summed E-state index contributed by atoms with van der Waals surface area (Å²) in [6.07, 6.45) is 5.98. The summed E-state index contributed by atoms with van der Waals surface area (Å²) in [5.41, 5.74) is 2.59. The highest BCUT2D eigenvalue weighted by molar-refractivity contribution is 9.10. The minimum atomic E-state index is 0.0505. The molecule has 2 aromatic heterocycles. The van der Waals surface area contributed by atoms with Crippen LogP contribution in [0.1, 0.15) is 34.9 Å². The molecule has 1 fully saturated rings. The number of amides is 1. The largest absolute Gasteiger partial charge is 0.330 e. The number of rotatable bonds is 2. The highest BCUT2D eigenvalue weighted by Crippen LogP contribution is 2.33. The number of fused-ring (bicyclic) bond motifs is 1. The van der Waals surface area contributed by atoms with Gasteiger partial charge in [0.25, 0.3) is 5.91 Å². The van der Waals surface area contributed by atoms with Crippen LogP contribution in [0.3, 0.4) is 0 Å². The van der Waals surface area contributed by atoms with E-state index >= 15 is 0 Å². The van der Waals surface area contributed by atoms with Crippen molar-refractivity contribution in [2.75, 3.05) is 6.54 Å². The first-order valence-corrected chi connectivity index (χ1v) is 8.52. The first kappa shape index (κ1) is 14.5. The summed E-state index contributed by atoms with van der Waals surface area (Å²) in [6, 6.07) is 13.5. The van der Waals surface area contributed by atoms with E-state index in [4.69, 9.17) is 4.98 Å². The number of aromatic nitrogens is 2. The van der Waals surface area contributed by atoms with Gasteiger partial charge in [-0.3, -0.25) is 4.79 Å². The Bertz CT molecular complexity index is 859. The third kappa shape index (κ3) is 2.55. The average molecular weight is 370 g/mol. The van der Waals surface area contributed by atoms with Crippen molar-refractivity contribution < 1.29 is 4.79 Å². The number of hydrogen-bond donors (Lipinski definition) is 0. The van der Waals surface area contributed by atoms with Gasteiger partial charge in [-0.25, -0.2) is 4.98 Å². The lowest BCUT2D eigenvalue weighted by Crippen LogP contribution is -2.30. The maximum Gasteiger partial charge on any atom is 0.254 e. The van der Waals surface area contributed by atoms with E-state index in [1.54, 1.807) is 0 Å². The summed E-state index contributed by atoms with van der Waals surface area (Å²) in [4.78, 5) is 19.5. The van der Waals surface area contributed by atoms with Crippen molar-refractivity contribution in [2.45, 2.75) is 18.9 Å². The van der Waals surface area contributed by atoms with E-state index in [0.717, 1.165) is 40.8 Å². The molecule has 0 saturated carbocycles. The first-order valence-electron chi connectivity index (χ1n) is 7.73. The van der Waals surface area contributed by atoms with Gasteiger partial charge in [-0.1, -0.05) is 18.2 Å². The summed E-state index contributed by atoms with van der Waals surface area (Å²) in [6.45, 7) is 0.785. The zero-order chi connectivity index (χ0) is 15.8. The van der Waals surface area contributed by atoms with Crippen molar-refractivity contribution in [3.05, 3.63) is 70.6 Å². The Balaban J connectivity index is 1.69. The van der Waals surface area contributed by atoms with Crippen LogP contribution in [0.25, 0.3) is 5.65 Å². The number of likely N-dealkylation sites (tertiary alicyclic amines) is 1. The molecule has 1 atom stereocenters. The van der Waals surface area contributed by atoms with Crippen molar-refractivity contribution in [3.8, 4) is 0 Å². The smallest absolute Gasteiger partial charge is 0.254 e. The van der Waals surface area contributed by atoms with Crippen LogP contribution in [0.2, 0.25) is 0 Å². The lowest BCUT2D eigenvalue weighted by Gasteiger charge is -2.23. The second-order valence-electron chi connectivity index (χ2n) is 5.78. The maximum atomic E-state index is 12.8. The molecule has 0 spiro atoms. The molecule has 1 amide bonds. The first-order chi connectivity index (χ1) is 11.2. The lowest BCUT2D eigenvalue weighted by atomic mass is 10.1. The third-order valence-corrected chi connectivity index (χ3v) is 4.95. The monoisotopic (exact) mass is 369 g/mol. The molecule has 3 aromatic rings. The SMILES string of the molecule is O=C(c1ccccc1)N1CCC[C@H]1c1cn2cccc(Br)c2n1. The Morgan fingerprint density at radius 2 is 2.00 bits per heavy atom. The minimum absolute atomic E-state index is 0.0505. The maximum absolute atomic E-state index is 12.8.